The third kappa shape index (κ3) is 3.86. The number of thiophene rings is 1. The van der Waals surface area contributed by atoms with E-state index >= 15 is 0 Å². The van der Waals surface area contributed by atoms with Crippen LogP contribution in [0.25, 0.3) is 10.6 Å². The molecule has 0 bridgehead atoms. The molecule has 4 rings (SSSR count). The average Bonchev–Trinajstić information content (AvgIpc) is 3.42. The number of carbonyl (C=O) groups is 1. The summed E-state index contributed by atoms with van der Waals surface area (Å²) in [4.78, 5) is 17.9. The molecule has 0 aliphatic carbocycles. The van der Waals surface area contributed by atoms with E-state index in [4.69, 9.17) is 9.26 Å². The number of nitrogens with zero attached hydrogens (tertiary/aromatic N) is 4. The van der Waals surface area contributed by atoms with E-state index in [1.807, 2.05) is 47.8 Å². The van der Waals surface area contributed by atoms with E-state index in [1.165, 1.54) is 11.3 Å². The van der Waals surface area contributed by atoms with Gasteiger partial charge in [0, 0.05) is 6.20 Å². The van der Waals surface area contributed by atoms with Gasteiger partial charge in [0.1, 0.15) is 11.3 Å². The molecule has 4 aromatic rings. The lowest BCUT2D eigenvalue weighted by Gasteiger charge is -2.08. The number of aromatic nitrogens is 4. The number of ether oxygens (including phenoxy) is 1. The second kappa shape index (κ2) is 7.77. The molecule has 1 atom stereocenters. The van der Waals surface area contributed by atoms with E-state index in [0.29, 0.717) is 23.6 Å². The van der Waals surface area contributed by atoms with Gasteiger partial charge in [-0.2, -0.15) is 10.1 Å². The number of hydrogen-bond donors (Lipinski definition) is 0. The maximum atomic E-state index is 12.9. The molecule has 1 unspecified atom stereocenters. The van der Waals surface area contributed by atoms with Crippen molar-refractivity contribution in [3.63, 3.8) is 0 Å². The molecule has 0 saturated carbocycles. The topological polar surface area (TPSA) is 83.0 Å². The monoisotopic (exact) mass is 394 g/mol. The summed E-state index contributed by atoms with van der Waals surface area (Å²) in [7, 11) is 0. The van der Waals surface area contributed by atoms with Crippen molar-refractivity contribution in [2.24, 2.45) is 0 Å². The predicted octanol–water partition coefficient (Wildman–Crippen LogP) is 4.27. The second-order valence-electron chi connectivity index (χ2n) is 6.28. The molecule has 0 aliphatic heterocycles. The molecule has 0 radical (unpaired) electrons. The minimum absolute atomic E-state index is 0.264. The minimum Gasteiger partial charge on any atom is -0.449 e. The molecular weight excluding hydrogens is 376 g/mol. The summed E-state index contributed by atoms with van der Waals surface area (Å²) in [6.07, 6.45) is 1.07. The lowest BCUT2D eigenvalue weighted by molar-refractivity contribution is 0.0266. The molecule has 0 aliphatic rings. The predicted molar refractivity (Wildman–Crippen MR) is 104 cm³/mol. The van der Waals surface area contributed by atoms with Gasteiger partial charge in [0.15, 0.2) is 11.9 Å². The number of aryl methyl sites for hydroxylation is 1. The van der Waals surface area contributed by atoms with Crippen LogP contribution in [-0.4, -0.2) is 25.9 Å². The van der Waals surface area contributed by atoms with Gasteiger partial charge < -0.3 is 9.26 Å². The Morgan fingerprint density at radius 1 is 1.25 bits per heavy atom. The molecule has 1 aromatic carbocycles. The van der Waals surface area contributed by atoms with Crippen molar-refractivity contribution in [3.05, 3.63) is 76.9 Å². The highest BCUT2D eigenvalue weighted by molar-refractivity contribution is 7.13. The molecule has 0 amide bonds. The van der Waals surface area contributed by atoms with E-state index in [-0.39, 0.29) is 5.89 Å². The number of carbonyl (C=O) groups excluding carboxylic acids is 1. The van der Waals surface area contributed by atoms with Crippen LogP contribution in [0.5, 0.6) is 0 Å². The highest BCUT2D eigenvalue weighted by atomic mass is 32.1. The van der Waals surface area contributed by atoms with Crippen molar-refractivity contribution in [2.75, 3.05) is 0 Å². The Labute approximate surface area is 165 Å². The Hall–Kier alpha value is -3.26. The third-order valence-corrected chi connectivity index (χ3v) is 4.98. The SMILES string of the molecule is Cc1noc(C(C)OC(=O)c2cn(Cc3ccccc3)nc2-c2cccs2)n1. The van der Waals surface area contributed by atoms with Gasteiger partial charge in [-0.1, -0.05) is 41.6 Å². The Balaban J connectivity index is 1.61. The first-order chi connectivity index (χ1) is 13.6. The first-order valence-electron chi connectivity index (χ1n) is 8.76. The highest BCUT2D eigenvalue weighted by Gasteiger charge is 2.24. The van der Waals surface area contributed by atoms with Crippen LogP contribution in [0.2, 0.25) is 0 Å². The fourth-order valence-corrected chi connectivity index (χ4v) is 3.49. The zero-order chi connectivity index (χ0) is 19.5. The minimum atomic E-state index is -0.651. The number of rotatable bonds is 6. The third-order valence-electron chi connectivity index (χ3n) is 4.10. The summed E-state index contributed by atoms with van der Waals surface area (Å²) in [6, 6.07) is 13.8. The van der Waals surface area contributed by atoms with Crippen molar-refractivity contribution in [2.45, 2.75) is 26.5 Å². The van der Waals surface area contributed by atoms with E-state index in [1.54, 1.807) is 24.7 Å². The first kappa shape index (κ1) is 18.1. The van der Waals surface area contributed by atoms with Gasteiger partial charge in [-0.25, -0.2) is 4.79 Å². The second-order valence-corrected chi connectivity index (χ2v) is 7.23. The van der Waals surface area contributed by atoms with Crippen molar-refractivity contribution >= 4 is 17.3 Å². The Morgan fingerprint density at radius 2 is 2.07 bits per heavy atom. The van der Waals surface area contributed by atoms with Crippen LogP contribution in [0.1, 0.15) is 40.7 Å². The zero-order valence-electron chi connectivity index (χ0n) is 15.4. The van der Waals surface area contributed by atoms with Gasteiger partial charge in [-0.3, -0.25) is 4.68 Å². The smallest absolute Gasteiger partial charge is 0.342 e. The van der Waals surface area contributed by atoms with Gasteiger partial charge in [0.2, 0.25) is 0 Å². The van der Waals surface area contributed by atoms with Crippen LogP contribution < -0.4 is 0 Å². The average molecular weight is 394 g/mol. The number of benzene rings is 1. The zero-order valence-corrected chi connectivity index (χ0v) is 16.2. The van der Waals surface area contributed by atoms with Crippen LogP contribution in [0.3, 0.4) is 0 Å². The van der Waals surface area contributed by atoms with Crippen molar-refractivity contribution in [1.29, 1.82) is 0 Å². The largest absolute Gasteiger partial charge is 0.449 e. The molecule has 0 N–H and O–H groups in total. The number of esters is 1. The molecule has 8 heteroatoms. The van der Waals surface area contributed by atoms with Crippen LogP contribution in [0.15, 0.2) is 58.6 Å². The van der Waals surface area contributed by atoms with Gasteiger partial charge >= 0.3 is 5.97 Å². The lowest BCUT2D eigenvalue weighted by atomic mass is 10.2. The number of hydrogen-bond acceptors (Lipinski definition) is 7. The van der Waals surface area contributed by atoms with Gasteiger partial charge in [0.05, 0.1) is 11.4 Å². The molecule has 0 fully saturated rings. The lowest BCUT2D eigenvalue weighted by Crippen LogP contribution is -2.10. The molecule has 0 saturated heterocycles. The van der Waals surface area contributed by atoms with Crippen molar-refractivity contribution < 1.29 is 14.1 Å². The molecule has 3 aromatic heterocycles. The van der Waals surface area contributed by atoms with Gasteiger partial charge in [-0.05, 0) is 30.9 Å². The van der Waals surface area contributed by atoms with Crippen LogP contribution in [-0.2, 0) is 11.3 Å². The highest BCUT2D eigenvalue weighted by Crippen LogP contribution is 2.28. The maximum absolute atomic E-state index is 12.9. The maximum Gasteiger partial charge on any atom is 0.342 e. The van der Waals surface area contributed by atoms with E-state index < -0.39 is 12.1 Å². The fraction of sp³-hybridized carbons (Fsp3) is 0.200. The van der Waals surface area contributed by atoms with Crippen molar-refractivity contribution in [3.8, 4) is 10.6 Å². The van der Waals surface area contributed by atoms with Gasteiger partial charge in [-0.15, -0.1) is 11.3 Å². The Bertz CT molecular complexity index is 1070. The summed E-state index contributed by atoms with van der Waals surface area (Å²) < 4.78 is 12.4. The Morgan fingerprint density at radius 3 is 2.75 bits per heavy atom. The quantitative estimate of drug-likeness (QED) is 0.454. The molecular formula is C20H18N4O3S. The molecule has 142 valence electrons. The van der Waals surface area contributed by atoms with E-state index in [2.05, 4.69) is 15.2 Å². The first-order valence-corrected chi connectivity index (χ1v) is 9.64. The summed E-state index contributed by atoms with van der Waals surface area (Å²) >= 11 is 1.52. The van der Waals surface area contributed by atoms with Crippen molar-refractivity contribution in [1.82, 2.24) is 19.9 Å². The normalized spacial score (nSPS) is 12.1. The molecule has 0 spiro atoms. The molecule has 28 heavy (non-hydrogen) atoms. The van der Waals surface area contributed by atoms with Gasteiger partial charge in [0.25, 0.3) is 5.89 Å². The molecule has 7 nitrogen and oxygen atoms in total. The summed E-state index contributed by atoms with van der Waals surface area (Å²) in [6.45, 7) is 3.97. The summed E-state index contributed by atoms with van der Waals surface area (Å²) in [5, 5.41) is 10.3. The standard InChI is InChI=1S/C20H18N4O3S/c1-13(19-21-14(2)23-27-19)26-20(25)16-12-24(11-15-7-4-3-5-8-15)22-18(16)17-9-6-10-28-17/h3-10,12-13H,11H2,1-2H3. The Kier molecular flexibility index (Phi) is 5.03. The molecule has 3 heterocycles. The fourth-order valence-electron chi connectivity index (χ4n) is 2.77. The summed E-state index contributed by atoms with van der Waals surface area (Å²) in [5.41, 5.74) is 2.10. The van der Waals surface area contributed by atoms with Crippen LogP contribution in [0, 0.1) is 6.92 Å². The van der Waals surface area contributed by atoms with E-state index in [9.17, 15) is 4.79 Å². The van der Waals surface area contributed by atoms with Crippen LogP contribution >= 0.6 is 11.3 Å². The van der Waals surface area contributed by atoms with Crippen LogP contribution in [0.4, 0.5) is 0 Å². The summed E-state index contributed by atoms with van der Waals surface area (Å²) in [5.74, 6) is 0.277. The van der Waals surface area contributed by atoms with E-state index in [0.717, 1.165) is 10.4 Å².